The third-order valence-corrected chi connectivity index (χ3v) is 5.96. The zero-order chi connectivity index (χ0) is 20.5. The lowest BCUT2D eigenvalue weighted by Gasteiger charge is -2.33. The van der Waals surface area contributed by atoms with E-state index < -0.39 is 11.7 Å². The maximum Gasteiger partial charge on any atom is 0.416 e. The summed E-state index contributed by atoms with van der Waals surface area (Å²) in [5.74, 6) is 0.538. The lowest BCUT2D eigenvalue weighted by atomic mass is 10.1. The number of anilines is 1. The molecule has 1 atom stereocenters. The first-order valence-electron chi connectivity index (χ1n) is 9.32. The number of ether oxygens (including phenoxy) is 1. The fourth-order valence-electron chi connectivity index (χ4n) is 3.12. The van der Waals surface area contributed by atoms with Crippen LogP contribution in [0.3, 0.4) is 0 Å². The SMILES string of the molecule is CC(C)(C)OC(=O)N(CCN1CCC(P)CC1)c1cc(Cl)nc2c(Br)cnn12. The molecule has 1 saturated heterocycles. The molecule has 0 bridgehead atoms. The molecule has 0 N–H and O–H groups in total. The summed E-state index contributed by atoms with van der Waals surface area (Å²) in [6, 6.07) is 1.65. The lowest BCUT2D eigenvalue weighted by molar-refractivity contribution is 0.0573. The lowest BCUT2D eigenvalue weighted by Crippen LogP contribution is -2.44. The van der Waals surface area contributed by atoms with Crippen molar-refractivity contribution < 1.29 is 9.53 Å². The van der Waals surface area contributed by atoms with Gasteiger partial charge in [0.05, 0.1) is 10.7 Å². The average molecular weight is 491 g/mol. The van der Waals surface area contributed by atoms with Crippen molar-refractivity contribution in [3.63, 3.8) is 0 Å². The summed E-state index contributed by atoms with van der Waals surface area (Å²) in [4.78, 5) is 21.3. The maximum atomic E-state index is 13.0. The van der Waals surface area contributed by atoms with E-state index >= 15 is 0 Å². The summed E-state index contributed by atoms with van der Waals surface area (Å²) in [7, 11) is 2.91. The molecule has 10 heteroatoms. The predicted molar refractivity (Wildman–Crippen MR) is 118 cm³/mol. The molecule has 0 saturated carbocycles. The van der Waals surface area contributed by atoms with Crippen molar-refractivity contribution in [2.75, 3.05) is 31.1 Å². The van der Waals surface area contributed by atoms with Crippen LogP contribution >= 0.6 is 36.8 Å². The summed E-state index contributed by atoms with van der Waals surface area (Å²) in [5.41, 5.74) is 0.631. The Hall–Kier alpha value is -0.950. The Morgan fingerprint density at radius 1 is 1.43 bits per heavy atom. The molecule has 2 aromatic heterocycles. The Kier molecular flexibility index (Phi) is 6.85. The highest BCUT2D eigenvalue weighted by molar-refractivity contribution is 9.10. The van der Waals surface area contributed by atoms with Gasteiger partial charge in [-0.2, -0.15) is 9.61 Å². The van der Waals surface area contributed by atoms with Gasteiger partial charge in [0, 0.05) is 19.2 Å². The fraction of sp³-hybridized carbons (Fsp3) is 0.611. The molecule has 28 heavy (non-hydrogen) atoms. The Morgan fingerprint density at radius 3 is 2.75 bits per heavy atom. The highest BCUT2D eigenvalue weighted by Gasteiger charge is 2.27. The summed E-state index contributed by atoms with van der Waals surface area (Å²) in [6.45, 7) is 8.83. The number of hydrogen-bond acceptors (Lipinski definition) is 5. The molecule has 1 aliphatic heterocycles. The second-order valence-electron chi connectivity index (χ2n) is 7.98. The number of halogens is 2. The van der Waals surface area contributed by atoms with Crippen LogP contribution in [-0.2, 0) is 4.74 Å². The van der Waals surface area contributed by atoms with E-state index in [1.807, 2.05) is 20.8 Å². The van der Waals surface area contributed by atoms with Gasteiger partial charge in [-0.15, -0.1) is 9.24 Å². The normalized spacial score (nSPS) is 16.5. The molecule has 154 valence electrons. The molecule has 0 aliphatic carbocycles. The summed E-state index contributed by atoms with van der Waals surface area (Å²) in [6.07, 6.45) is 3.51. The number of amides is 1. The minimum Gasteiger partial charge on any atom is -0.443 e. The molecular formula is C18H26BrClN5O2P. The first kappa shape index (κ1) is 21.8. The maximum absolute atomic E-state index is 13.0. The zero-order valence-corrected chi connectivity index (χ0v) is 19.9. The Labute approximate surface area is 181 Å². The van der Waals surface area contributed by atoms with Gasteiger partial charge in [-0.3, -0.25) is 4.90 Å². The standard InChI is InChI=1S/C18H26BrClN5O2P/c1-18(2,3)27-17(26)24(9-8-23-6-4-12(28)5-7-23)15-10-14(20)22-16-13(19)11-21-25(15)16/h10-12H,4-9,28H2,1-3H3. The van der Waals surface area contributed by atoms with Crippen LogP contribution in [0.1, 0.15) is 33.6 Å². The average Bonchev–Trinajstić information content (AvgIpc) is 2.96. The van der Waals surface area contributed by atoms with E-state index in [-0.39, 0.29) is 0 Å². The van der Waals surface area contributed by atoms with Crippen molar-refractivity contribution in [1.29, 1.82) is 0 Å². The number of carbonyl (C=O) groups excluding carboxylic acids is 1. The van der Waals surface area contributed by atoms with Crippen LogP contribution in [0.2, 0.25) is 5.15 Å². The summed E-state index contributed by atoms with van der Waals surface area (Å²) in [5, 5.41) is 4.64. The number of fused-ring (bicyclic) bond motifs is 1. The van der Waals surface area contributed by atoms with Crippen molar-refractivity contribution in [3.05, 3.63) is 21.9 Å². The van der Waals surface area contributed by atoms with Crippen LogP contribution in [0.25, 0.3) is 5.65 Å². The molecule has 1 amide bonds. The van der Waals surface area contributed by atoms with Gasteiger partial charge in [0.2, 0.25) is 0 Å². The van der Waals surface area contributed by atoms with E-state index in [0.717, 1.165) is 32.5 Å². The van der Waals surface area contributed by atoms with E-state index in [9.17, 15) is 4.79 Å². The van der Waals surface area contributed by atoms with Crippen LogP contribution in [0.5, 0.6) is 0 Å². The first-order chi connectivity index (χ1) is 13.1. The fourth-order valence-corrected chi connectivity index (χ4v) is 3.94. The first-order valence-corrected chi connectivity index (χ1v) is 11.2. The molecule has 3 heterocycles. The quantitative estimate of drug-likeness (QED) is 0.474. The third-order valence-electron chi connectivity index (χ3n) is 4.54. The zero-order valence-electron chi connectivity index (χ0n) is 16.4. The molecule has 0 spiro atoms. The number of nitrogens with zero attached hydrogens (tertiary/aromatic N) is 5. The molecular weight excluding hydrogens is 465 g/mol. The molecule has 1 unspecified atom stereocenters. The second-order valence-corrected chi connectivity index (χ2v) is 10.2. The molecule has 0 radical (unpaired) electrons. The van der Waals surface area contributed by atoms with E-state index in [0.29, 0.717) is 33.3 Å². The van der Waals surface area contributed by atoms with Gasteiger partial charge in [-0.25, -0.2) is 9.78 Å². The number of carbonyl (C=O) groups is 1. The summed E-state index contributed by atoms with van der Waals surface area (Å²) >= 11 is 9.66. The van der Waals surface area contributed by atoms with E-state index in [4.69, 9.17) is 16.3 Å². The van der Waals surface area contributed by atoms with Crippen molar-refractivity contribution in [2.45, 2.75) is 44.9 Å². The predicted octanol–water partition coefficient (Wildman–Crippen LogP) is 4.23. The van der Waals surface area contributed by atoms with Gasteiger partial charge < -0.3 is 9.64 Å². The largest absolute Gasteiger partial charge is 0.443 e. The minimum atomic E-state index is -0.603. The molecule has 1 aliphatic rings. The van der Waals surface area contributed by atoms with Crippen LogP contribution < -0.4 is 4.90 Å². The van der Waals surface area contributed by atoms with Gasteiger partial charge >= 0.3 is 6.09 Å². The number of hydrogen-bond donors (Lipinski definition) is 0. The topological polar surface area (TPSA) is 63.0 Å². The molecule has 2 aromatic rings. The number of rotatable bonds is 4. The Balaban J connectivity index is 1.89. The van der Waals surface area contributed by atoms with Crippen LogP contribution in [0.4, 0.5) is 10.6 Å². The van der Waals surface area contributed by atoms with Crippen molar-refractivity contribution >= 4 is 54.3 Å². The number of aromatic nitrogens is 3. The van der Waals surface area contributed by atoms with Crippen molar-refractivity contribution in [1.82, 2.24) is 19.5 Å². The number of piperidine rings is 1. The minimum absolute atomic E-state index is 0.293. The molecule has 7 nitrogen and oxygen atoms in total. The highest BCUT2D eigenvalue weighted by Crippen LogP contribution is 2.26. The molecule has 3 rings (SSSR count). The van der Waals surface area contributed by atoms with E-state index in [1.165, 1.54) is 0 Å². The van der Waals surface area contributed by atoms with Crippen LogP contribution in [0, 0.1) is 0 Å². The van der Waals surface area contributed by atoms with E-state index in [1.54, 1.807) is 21.7 Å². The molecule has 0 aromatic carbocycles. The van der Waals surface area contributed by atoms with Gasteiger partial charge in [-0.1, -0.05) is 11.6 Å². The van der Waals surface area contributed by atoms with Gasteiger partial charge in [0.25, 0.3) is 0 Å². The highest BCUT2D eigenvalue weighted by atomic mass is 79.9. The Bertz CT molecular complexity index is 848. The van der Waals surface area contributed by atoms with Crippen LogP contribution in [0.15, 0.2) is 16.7 Å². The van der Waals surface area contributed by atoms with Crippen molar-refractivity contribution in [3.8, 4) is 0 Å². The molecule has 1 fully saturated rings. The van der Waals surface area contributed by atoms with Crippen molar-refractivity contribution in [2.24, 2.45) is 0 Å². The van der Waals surface area contributed by atoms with E-state index in [2.05, 4.69) is 40.2 Å². The Morgan fingerprint density at radius 2 is 2.11 bits per heavy atom. The summed E-state index contributed by atoms with van der Waals surface area (Å²) < 4.78 is 7.97. The monoisotopic (exact) mass is 489 g/mol. The smallest absolute Gasteiger partial charge is 0.416 e. The second kappa shape index (κ2) is 8.82. The van der Waals surface area contributed by atoms with Crippen LogP contribution in [-0.4, -0.2) is 63.0 Å². The van der Waals surface area contributed by atoms with Gasteiger partial charge in [0.15, 0.2) is 5.65 Å². The number of likely N-dealkylation sites (tertiary alicyclic amines) is 1. The van der Waals surface area contributed by atoms with Gasteiger partial charge in [0.1, 0.15) is 16.6 Å². The van der Waals surface area contributed by atoms with Gasteiger partial charge in [-0.05, 0) is 68.3 Å². The third kappa shape index (κ3) is 5.35.